The number of pyridine rings is 1. The van der Waals surface area contributed by atoms with Crippen molar-refractivity contribution in [3.63, 3.8) is 0 Å². The molecule has 0 aromatic carbocycles. The average molecular weight is 221 g/mol. The largest absolute Gasteiger partial charge is 0.257 e. The van der Waals surface area contributed by atoms with E-state index in [2.05, 4.69) is 15.0 Å². The topological polar surface area (TPSA) is 38.7 Å². The molecule has 2 aromatic heterocycles. The third kappa shape index (κ3) is 2.99. The number of rotatable bonds is 3. The van der Waals surface area contributed by atoms with Gasteiger partial charge < -0.3 is 0 Å². The van der Waals surface area contributed by atoms with Crippen molar-refractivity contribution in [1.29, 1.82) is 0 Å². The molecule has 15 heavy (non-hydrogen) atoms. The molecule has 0 bridgehead atoms. The van der Waals surface area contributed by atoms with E-state index in [9.17, 15) is 4.39 Å². The molecule has 3 nitrogen and oxygen atoms in total. The second kappa shape index (κ2) is 4.84. The third-order valence-corrected chi connectivity index (χ3v) is 2.59. The fourth-order valence-corrected chi connectivity index (χ4v) is 1.71. The van der Waals surface area contributed by atoms with Crippen LogP contribution in [-0.4, -0.2) is 15.0 Å². The van der Waals surface area contributed by atoms with Gasteiger partial charge in [0.2, 0.25) is 0 Å². The van der Waals surface area contributed by atoms with E-state index in [1.165, 1.54) is 24.0 Å². The van der Waals surface area contributed by atoms with Gasteiger partial charge in [0.05, 0.1) is 11.9 Å². The number of hydrogen-bond donors (Lipinski definition) is 0. The highest BCUT2D eigenvalue weighted by Crippen LogP contribution is 2.16. The second-order valence-corrected chi connectivity index (χ2v) is 3.73. The van der Waals surface area contributed by atoms with Gasteiger partial charge in [-0.25, -0.2) is 14.4 Å². The van der Waals surface area contributed by atoms with E-state index in [0.29, 0.717) is 10.9 Å². The maximum absolute atomic E-state index is 12.6. The number of halogens is 1. The smallest absolute Gasteiger partial charge is 0.187 e. The summed E-state index contributed by atoms with van der Waals surface area (Å²) in [6, 6.07) is 4.82. The Morgan fingerprint density at radius 3 is 2.60 bits per heavy atom. The van der Waals surface area contributed by atoms with Gasteiger partial charge in [0, 0.05) is 18.1 Å². The number of nitrogens with zero attached hydrogens (tertiary/aromatic N) is 3. The summed E-state index contributed by atoms with van der Waals surface area (Å²) in [5.41, 5.74) is 0.814. The van der Waals surface area contributed by atoms with Crippen LogP contribution in [0.3, 0.4) is 0 Å². The lowest BCUT2D eigenvalue weighted by Crippen LogP contribution is -1.89. The predicted octanol–water partition coefficient (Wildman–Crippen LogP) is 2.30. The van der Waals surface area contributed by atoms with Gasteiger partial charge in [-0.2, -0.15) is 0 Å². The lowest BCUT2D eigenvalue weighted by molar-refractivity contribution is 0.620. The van der Waals surface area contributed by atoms with Crippen molar-refractivity contribution in [1.82, 2.24) is 15.0 Å². The van der Waals surface area contributed by atoms with Crippen LogP contribution in [0.5, 0.6) is 0 Å². The van der Waals surface area contributed by atoms with Gasteiger partial charge in [0.1, 0.15) is 5.82 Å². The van der Waals surface area contributed by atoms with Crippen molar-refractivity contribution >= 4 is 11.8 Å². The molecular weight excluding hydrogens is 213 g/mol. The molecule has 0 aliphatic rings. The van der Waals surface area contributed by atoms with E-state index < -0.39 is 0 Å². The van der Waals surface area contributed by atoms with Crippen molar-refractivity contribution in [3.05, 3.63) is 48.3 Å². The first-order valence-electron chi connectivity index (χ1n) is 4.35. The first kappa shape index (κ1) is 10.0. The van der Waals surface area contributed by atoms with E-state index in [1.807, 2.05) is 0 Å². The molecule has 0 saturated carbocycles. The van der Waals surface area contributed by atoms with Crippen LogP contribution in [0.25, 0.3) is 0 Å². The zero-order valence-corrected chi connectivity index (χ0v) is 8.62. The highest BCUT2D eigenvalue weighted by molar-refractivity contribution is 7.98. The quantitative estimate of drug-likeness (QED) is 0.589. The SMILES string of the molecule is Fc1ccc(CSc2ncccn2)nc1. The molecule has 0 radical (unpaired) electrons. The molecule has 0 fully saturated rings. The van der Waals surface area contributed by atoms with Crippen molar-refractivity contribution in [2.24, 2.45) is 0 Å². The van der Waals surface area contributed by atoms with Crippen molar-refractivity contribution in [3.8, 4) is 0 Å². The van der Waals surface area contributed by atoms with E-state index in [4.69, 9.17) is 0 Å². The molecule has 76 valence electrons. The maximum Gasteiger partial charge on any atom is 0.187 e. The molecule has 0 unspecified atom stereocenters. The predicted molar refractivity (Wildman–Crippen MR) is 55.8 cm³/mol. The first-order valence-corrected chi connectivity index (χ1v) is 5.33. The molecule has 0 N–H and O–H groups in total. The van der Waals surface area contributed by atoms with Gasteiger partial charge in [0.25, 0.3) is 0 Å². The fraction of sp³-hybridized carbons (Fsp3) is 0.100. The minimum absolute atomic E-state index is 0.320. The van der Waals surface area contributed by atoms with E-state index in [1.54, 1.807) is 24.5 Å². The molecular formula is C10H8FN3S. The molecule has 2 rings (SSSR count). The van der Waals surface area contributed by atoms with Crippen LogP contribution in [0.1, 0.15) is 5.69 Å². The second-order valence-electron chi connectivity index (χ2n) is 2.79. The zero-order valence-electron chi connectivity index (χ0n) is 7.80. The normalized spacial score (nSPS) is 10.2. The molecule has 0 aliphatic heterocycles. The summed E-state index contributed by atoms with van der Waals surface area (Å²) in [6.07, 6.45) is 4.59. The lowest BCUT2D eigenvalue weighted by Gasteiger charge is -1.98. The van der Waals surface area contributed by atoms with Crippen LogP contribution in [0, 0.1) is 5.82 Å². The minimum Gasteiger partial charge on any atom is -0.257 e. The van der Waals surface area contributed by atoms with Crippen LogP contribution in [0.15, 0.2) is 41.9 Å². The van der Waals surface area contributed by atoms with E-state index >= 15 is 0 Å². The molecule has 0 spiro atoms. The summed E-state index contributed by atoms with van der Waals surface area (Å²) in [5.74, 6) is 0.323. The molecule has 2 heterocycles. The van der Waals surface area contributed by atoms with Gasteiger partial charge >= 0.3 is 0 Å². The van der Waals surface area contributed by atoms with Crippen molar-refractivity contribution in [2.45, 2.75) is 10.9 Å². The summed E-state index contributed by atoms with van der Waals surface area (Å²) in [6.45, 7) is 0. The first-order chi connectivity index (χ1) is 7.34. The van der Waals surface area contributed by atoms with Crippen LogP contribution >= 0.6 is 11.8 Å². The molecule has 0 saturated heterocycles. The summed E-state index contributed by atoms with van der Waals surface area (Å²) < 4.78 is 12.6. The number of hydrogen-bond acceptors (Lipinski definition) is 4. The zero-order chi connectivity index (χ0) is 10.5. The van der Waals surface area contributed by atoms with Gasteiger partial charge in [-0.1, -0.05) is 11.8 Å². The van der Waals surface area contributed by atoms with Crippen molar-refractivity contribution in [2.75, 3.05) is 0 Å². The molecule has 0 aliphatic carbocycles. The Bertz CT molecular complexity index is 418. The van der Waals surface area contributed by atoms with Crippen LogP contribution in [0.4, 0.5) is 4.39 Å². The van der Waals surface area contributed by atoms with Crippen LogP contribution < -0.4 is 0 Å². The summed E-state index contributed by atoms with van der Waals surface area (Å²) in [5, 5.41) is 0.698. The Labute approximate surface area is 90.8 Å². The number of aromatic nitrogens is 3. The van der Waals surface area contributed by atoms with Gasteiger partial charge in [-0.15, -0.1) is 0 Å². The maximum atomic E-state index is 12.6. The standard InChI is InChI=1S/C10H8FN3S/c11-8-2-3-9(14-6-8)7-15-10-12-4-1-5-13-10/h1-6H,7H2. The molecule has 5 heteroatoms. The van der Waals surface area contributed by atoms with Crippen LogP contribution in [-0.2, 0) is 5.75 Å². The Balaban J connectivity index is 1.96. The average Bonchev–Trinajstić information content (AvgIpc) is 2.30. The summed E-state index contributed by atoms with van der Waals surface area (Å²) in [4.78, 5) is 12.1. The summed E-state index contributed by atoms with van der Waals surface area (Å²) in [7, 11) is 0. The monoisotopic (exact) mass is 221 g/mol. The highest BCUT2D eigenvalue weighted by atomic mass is 32.2. The van der Waals surface area contributed by atoms with Crippen LogP contribution in [0.2, 0.25) is 0 Å². The molecule has 2 aromatic rings. The Morgan fingerprint density at radius 1 is 1.13 bits per heavy atom. The summed E-state index contributed by atoms with van der Waals surface area (Å²) >= 11 is 1.47. The van der Waals surface area contributed by atoms with E-state index in [0.717, 1.165) is 5.69 Å². The lowest BCUT2D eigenvalue weighted by atomic mass is 10.4. The van der Waals surface area contributed by atoms with Gasteiger partial charge in [-0.05, 0) is 18.2 Å². The Hall–Kier alpha value is -1.49. The number of thioether (sulfide) groups is 1. The fourth-order valence-electron chi connectivity index (χ4n) is 0.990. The van der Waals surface area contributed by atoms with Gasteiger partial charge in [0.15, 0.2) is 5.16 Å². The van der Waals surface area contributed by atoms with E-state index in [-0.39, 0.29) is 5.82 Å². The highest BCUT2D eigenvalue weighted by Gasteiger charge is 1.99. The Kier molecular flexibility index (Phi) is 3.24. The van der Waals surface area contributed by atoms with Gasteiger partial charge in [-0.3, -0.25) is 4.98 Å². The molecule has 0 atom stereocenters. The van der Waals surface area contributed by atoms with Crippen molar-refractivity contribution < 1.29 is 4.39 Å². The Morgan fingerprint density at radius 2 is 1.93 bits per heavy atom. The third-order valence-electron chi connectivity index (χ3n) is 1.68. The minimum atomic E-state index is -0.320. The molecule has 0 amide bonds.